The lowest BCUT2D eigenvalue weighted by Crippen LogP contribution is -2.55. The van der Waals surface area contributed by atoms with Crippen molar-refractivity contribution in [1.82, 2.24) is 14.9 Å². The van der Waals surface area contributed by atoms with E-state index in [1.807, 2.05) is 35.2 Å². The molecule has 174 valence electrons. The van der Waals surface area contributed by atoms with Crippen molar-refractivity contribution >= 4 is 17.7 Å². The van der Waals surface area contributed by atoms with E-state index in [2.05, 4.69) is 9.97 Å². The Labute approximate surface area is 197 Å². The van der Waals surface area contributed by atoms with Gasteiger partial charge in [-0.3, -0.25) is 29.3 Å². The fraction of sp³-hybridized carbons (Fsp3) is 0.269. The molecule has 0 bridgehead atoms. The van der Waals surface area contributed by atoms with E-state index < -0.39 is 41.6 Å². The van der Waals surface area contributed by atoms with Gasteiger partial charge in [0, 0.05) is 18.9 Å². The van der Waals surface area contributed by atoms with Gasteiger partial charge in [0.25, 0.3) is 0 Å². The molecule has 0 N–H and O–H groups in total. The van der Waals surface area contributed by atoms with Crippen molar-refractivity contribution in [1.29, 1.82) is 0 Å². The third-order valence-electron chi connectivity index (χ3n) is 6.06. The number of carbonyl (C=O) groups excluding carboxylic acids is 3. The van der Waals surface area contributed by atoms with E-state index in [1.54, 1.807) is 48.8 Å². The van der Waals surface area contributed by atoms with Crippen molar-refractivity contribution in [3.05, 3.63) is 96.1 Å². The molecule has 1 saturated heterocycles. The highest BCUT2D eigenvalue weighted by Crippen LogP contribution is 2.47. The number of benzene rings is 1. The van der Waals surface area contributed by atoms with Crippen molar-refractivity contribution in [3.8, 4) is 0 Å². The first-order chi connectivity index (χ1) is 16.6. The summed E-state index contributed by atoms with van der Waals surface area (Å²) in [6.45, 7) is 0.331. The average Bonchev–Trinajstić information content (AvgIpc) is 2.89. The van der Waals surface area contributed by atoms with Crippen molar-refractivity contribution < 1.29 is 23.9 Å². The Morgan fingerprint density at radius 1 is 0.765 bits per heavy atom. The van der Waals surface area contributed by atoms with Crippen LogP contribution in [-0.4, -0.2) is 46.8 Å². The number of Topliss-reactive ketones (excluding diaryl/α,β-unsaturated/α-hetero) is 1. The Morgan fingerprint density at radius 3 is 1.65 bits per heavy atom. The van der Waals surface area contributed by atoms with E-state index in [1.165, 1.54) is 14.2 Å². The van der Waals surface area contributed by atoms with Gasteiger partial charge in [-0.05, 0) is 29.8 Å². The number of esters is 2. The topological polar surface area (TPSA) is 98.7 Å². The van der Waals surface area contributed by atoms with Gasteiger partial charge in [0.1, 0.15) is 11.8 Å². The molecule has 4 atom stereocenters. The van der Waals surface area contributed by atoms with Gasteiger partial charge in [-0.25, -0.2) is 0 Å². The van der Waals surface area contributed by atoms with Crippen LogP contribution >= 0.6 is 0 Å². The van der Waals surface area contributed by atoms with Gasteiger partial charge in [0.2, 0.25) is 0 Å². The summed E-state index contributed by atoms with van der Waals surface area (Å²) in [7, 11) is 2.45. The molecule has 8 nitrogen and oxygen atoms in total. The summed E-state index contributed by atoms with van der Waals surface area (Å²) in [5.41, 5.74) is 1.98. The van der Waals surface area contributed by atoms with Gasteiger partial charge < -0.3 is 9.47 Å². The van der Waals surface area contributed by atoms with Crippen molar-refractivity contribution in [3.63, 3.8) is 0 Å². The smallest absolute Gasteiger partial charge is 0.318 e. The van der Waals surface area contributed by atoms with Gasteiger partial charge in [0.15, 0.2) is 5.78 Å². The van der Waals surface area contributed by atoms with Crippen LogP contribution in [0, 0.1) is 11.8 Å². The lowest BCUT2D eigenvalue weighted by atomic mass is 9.74. The zero-order valence-electron chi connectivity index (χ0n) is 18.9. The molecule has 2 aromatic heterocycles. The third kappa shape index (κ3) is 4.45. The van der Waals surface area contributed by atoms with Gasteiger partial charge in [-0.2, -0.15) is 0 Å². The Bertz CT molecular complexity index is 1070. The SMILES string of the molecule is COC(=O)C1C(=O)C(C(=O)OC)[C@H](c2ccccn2)N(Cc2ccccc2)[C@@H]1c1ccccn1. The van der Waals surface area contributed by atoms with Crippen LogP contribution in [-0.2, 0) is 30.4 Å². The summed E-state index contributed by atoms with van der Waals surface area (Å²) in [6, 6.07) is 18.7. The van der Waals surface area contributed by atoms with Crippen LogP contribution in [0.3, 0.4) is 0 Å². The molecule has 0 amide bonds. The second kappa shape index (κ2) is 10.4. The molecular formula is C26H25N3O5. The highest BCUT2D eigenvalue weighted by molar-refractivity contribution is 6.10. The molecule has 1 aliphatic rings. The van der Waals surface area contributed by atoms with Gasteiger partial charge in [-0.1, -0.05) is 42.5 Å². The standard InChI is InChI=1S/C26H25N3O5/c1-33-25(31)20-22(18-12-6-8-14-27-18)29(16-17-10-4-3-5-11-17)23(19-13-7-9-15-28-19)21(24(20)30)26(32)34-2/h3-15,20-23H,16H2,1-2H3/t20?,21?,22-,23+. The molecule has 4 rings (SSSR count). The molecule has 1 fully saturated rings. The van der Waals surface area contributed by atoms with Crippen LogP contribution in [0.4, 0.5) is 0 Å². The molecule has 8 heteroatoms. The molecule has 2 unspecified atom stereocenters. The summed E-state index contributed by atoms with van der Waals surface area (Å²) in [6.07, 6.45) is 3.22. The fourth-order valence-electron chi connectivity index (χ4n) is 4.58. The molecule has 0 spiro atoms. The van der Waals surface area contributed by atoms with E-state index >= 15 is 0 Å². The zero-order valence-corrected chi connectivity index (χ0v) is 18.9. The molecule has 0 aliphatic carbocycles. The number of aromatic nitrogens is 2. The van der Waals surface area contributed by atoms with E-state index in [4.69, 9.17) is 9.47 Å². The van der Waals surface area contributed by atoms with Crippen LogP contribution in [0.2, 0.25) is 0 Å². The lowest BCUT2D eigenvalue weighted by Gasteiger charge is -2.46. The molecule has 1 aliphatic heterocycles. The van der Waals surface area contributed by atoms with E-state index in [0.717, 1.165) is 5.56 Å². The Hall–Kier alpha value is -3.91. The number of pyridine rings is 2. The number of likely N-dealkylation sites (tertiary alicyclic amines) is 1. The minimum absolute atomic E-state index is 0.331. The number of piperidine rings is 1. The number of ketones is 1. The molecule has 34 heavy (non-hydrogen) atoms. The van der Waals surface area contributed by atoms with Crippen LogP contribution in [0.25, 0.3) is 0 Å². The number of methoxy groups -OCH3 is 2. The van der Waals surface area contributed by atoms with Crippen molar-refractivity contribution in [2.24, 2.45) is 11.8 Å². The normalized spacial score (nSPS) is 22.7. The summed E-state index contributed by atoms with van der Waals surface area (Å²) in [4.78, 5) is 50.7. The molecule has 3 aromatic rings. The van der Waals surface area contributed by atoms with Crippen LogP contribution in [0.5, 0.6) is 0 Å². The fourth-order valence-corrected chi connectivity index (χ4v) is 4.58. The summed E-state index contributed by atoms with van der Waals surface area (Å²) < 4.78 is 10.1. The number of ether oxygens (including phenoxy) is 2. The number of carbonyl (C=O) groups is 3. The molecule has 1 aromatic carbocycles. The molecule has 0 saturated carbocycles. The third-order valence-corrected chi connectivity index (χ3v) is 6.06. The maximum atomic E-state index is 13.8. The maximum Gasteiger partial charge on any atom is 0.318 e. The molecule has 3 heterocycles. The Balaban J connectivity index is 1.96. The highest BCUT2D eigenvalue weighted by atomic mass is 16.5. The molecule has 0 radical (unpaired) electrons. The molecular weight excluding hydrogens is 434 g/mol. The van der Waals surface area contributed by atoms with Gasteiger partial charge in [0.05, 0.1) is 37.7 Å². The largest absolute Gasteiger partial charge is 0.468 e. The van der Waals surface area contributed by atoms with E-state index in [0.29, 0.717) is 17.9 Å². The second-order valence-corrected chi connectivity index (χ2v) is 7.96. The predicted molar refractivity (Wildman–Crippen MR) is 122 cm³/mol. The minimum Gasteiger partial charge on any atom is -0.468 e. The minimum atomic E-state index is -1.27. The van der Waals surface area contributed by atoms with Crippen molar-refractivity contribution in [2.45, 2.75) is 18.6 Å². The number of rotatable bonds is 6. The summed E-state index contributed by atoms with van der Waals surface area (Å²) in [5, 5.41) is 0. The predicted octanol–water partition coefficient (Wildman–Crippen LogP) is 2.92. The summed E-state index contributed by atoms with van der Waals surface area (Å²) in [5.74, 6) is -4.58. The monoisotopic (exact) mass is 459 g/mol. The Kier molecular flexibility index (Phi) is 7.08. The lowest BCUT2D eigenvalue weighted by molar-refractivity contribution is -0.169. The van der Waals surface area contributed by atoms with E-state index in [-0.39, 0.29) is 0 Å². The van der Waals surface area contributed by atoms with Gasteiger partial charge in [-0.15, -0.1) is 0 Å². The summed E-state index contributed by atoms with van der Waals surface area (Å²) >= 11 is 0. The van der Waals surface area contributed by atoms with Crippen molar-refractivity contribution in [2.75, 3.05) is 14.2 Å². The number of nitrogens with zero attached hydrogens (tertiary/aromatic N) is 3. The van der Waals surface area contributed by atoms with Gasteiger partial charge >= 0.3 is 11.9 Å². The second-order valence-electron chi connectivity index (χ2n) is 7.96. The number of hydrogen-bond donors (Lipinski definition) is 0. The Morgan fingerprint density at radius 2 is 1.24 bits per heavy atom. The van der Waals surface area contributed by atoms with E-state index in [9.17, 15) is 14.4 Å². The van der Waals surface area contributed by atoms with Crippen LogP contribution in [0.15, 0.2) is 79.1 Å². The maximum absolute atomic E-state index is 13.8. The first-order valence-corrected chi connectivity index (χ1v) is 10.9. The first kappa shape index (κ1) is 23.3. The zero-order chi connectivity index (χ0) is 24.1. The van der Waals surface area contributed by atoms with Crippen LogP contribution in [0.1, 0.15) is 29.0 Å². The highest BCUT2D eigenvalue weighted by Gasteiger charge is 2.56. The van der Waals surface area contributed by atoms with Crippen LogP contribution < -0.4 is 0 Å². The quantitative estimate of drug-likeness (QED) is 0.410. The number of hydrogen-bond acceptors (Lipinski definition) is 8. The first-order valence-electron chi connectivity index (χ1n) is 10.9. The average molecular weight is 460 g/mol.